The van der Waals surface area contributed by atoms with E-state index in [1.165, 1.54) is 24.3 Å². The average Bonchev–Trinajstić information content (AvgIpc) is 3.05. The minimum atomic E-state index is -0.453. The number of rotatable bonds is 8. The number of nitrogens with zero attached hydrogens (tertiary/aromatic N) is 3. The number of hydrogen-bond donors (Lipinski definition) is 1. The lowest BCUT2D eigenvalue weighted by Crippen LogP contribution is -2.24. The second kappa shape index (κ2) is 10.4. The van der Waals surface area contributed by atoms with Crippen LogP contribution in [0.3, 0.4) is 0 Å². The number of nitriles is 1. The highest BCUT2D eigenvalue weighted by atomic mass is 19.1. The van der Waals surface area contributed by atoms with Crippen LogP contribution in [-0.2, 0) is 17.9 Å². The van der Waals surface area contributed by atoms with E-state index < -0.39 is 5.91 Å². The fraction of sp³-hybridized carbons (Fsp3) is 0.240. The van der Waals surface area contributed by atoms with E-state index in [4.69, 9.17) is 4.74 Å². The van der Waals surface area contributed by atoms with Gasteiger partial charge in [0, 0.05) is 36.7 Å². The van der Waals surface area contributed by atoms with Crippen LogP contribution in [0.25, 0.3) is 6.08 Å². The van der Waals surface area contributed by atoms with Gasteiger partial charge in [-0.2, -0.15) is 5.26 Å². The summed E-state index contributed by atoms with van der Waals surface area (Å²) in [6.45, 7) is 7.21. The maximum Gasteiger partial charge on any atom is 0.262 e. The van der Waals surface area contributed by atoms with Crippen LogP contribution in [0.2, 0.25) is 0 Å². The van der Waals surface area contributed by atoms with Crippen molar-refractivity contribution in [1.29, 1.82) is 5.26 Å². The molecule has 0 spiro atoms. The standard InChI is InChI=1S/C25H25FN4O2/c1-4-11-30-17(2)12-20(18(30)3)14-21(15-27)25(31)29-16-19-9-10-28-24(13-19)32-23-7-5-22(26)6-8-23/h5-10,12-14H,4,11,16H2,1-3H3,(H,29,31)/b21-14+. The molecule has 7 heteroatoms. The van der Waals surface area contributed by atoms with E-state index in [1.54, 1.807) is 24.4 Å². The van der Waals surface area contributed by atoms with Crippen molar-refractivity contribution in [3.63, 3.8) is 0 Å². The molecule has 3 aromatic rings. The van der Waals surface area contributed by atoms with Crippen molar-refractivity contribution in [3.8, 4) is 17.7 Å². The summed E-state index contributed by atoms with van der Waals surface area (Å²) in [5.74, 6) is -0.0285. The van der Waals surface area contributed by atoms with Crippen LogP contribution in [0, 0.1) is 31.0 Å². The van der Waals surface area contributed by atoms with Crippen molar-refractivity contribution in [1.82, 2.24) is 14.9 Å². The van der Waals surface area contributed by atoms with E-state index >= 15 is 0 Å². The highest BCUT2D eigenvalue weighted by molar-refractivity contribution is 6.01. The Kier molecular flexibility index (Phi) is 7.40. The zero-order chi connectivity index (χ0) is 23.1. The summed E-state index contributed by atoms with van der Waals surface area (Å²) in [4.78, 5) is 16.7. The van der Waals surface area contributed by atoms with Crippen LogP contribution >= 0.6 is 0 Å². The molecule has 32 heavy (non-hydrogen) atoms. The fourth-order valence-electron chi connectivity index (χ4n) is 3.36. The number of benzene rings is 1. The van der Waals surface area contributed by atoms with Gasteiger partial charge in [0.25, 0.3) is 5.91 Å². The molecule has 1 N–H and O–H groups in total. The number of nitrogens with one attached hydrogen (secondary N) is 1. The van der Waals surface area contributed by atoms with E-state index in [0.29, 0.717) is 11.6 Å². The monoisotopic (exact) mass is 432 g/mol. The van der Waals surface area contributed by atoms with Crippen molar-refractivity contribution in [3.05, 3.63) is 82.6 Å². The van der Waals surface area contributed by atoms with E-state index in [1.807, 2.05) is 26.0 Å². The van der Waals surface area contributed by atoms with Crippen LogP contribution in [0.5, 0.6) is 11.6 Å². The first-order valence-corrected chi connectivity index (χ1v) is 10.4. The maximum absolute atomic E-state index is 13.0. The molecule has 3 rings (SSSR count). The molecule has 0 saturated heterocycles. The second-order valence-electron chi connectivity index (χ2n) is 7.39. The smallest absolute Gasteiger partial charge is 0.262 e. The summed E-state index contributed by atoms with van der Waals surface area (Å²) in [7, 11) is 0. The summed E-state index contributed by atoms with van der Waals surface area (Å²) in [5, 5.41) is 12.3. The third kappa shape index (κ3) is 5.61. The number of ether oxygens (including phenoxy) is 1. The molecule has 0 atom stereocenters. The molecule has 0 aliphatic rings. The lowest BCUT2D eigenvalue weighted by Gasteiger charge is -2.08. The van der Waals surface area contributed by atoms with E-state index in [0.717, 1.165) is 35.5 Å². The SMILES string of the molecule is CCCn1c(C)cc(/C=C(\C#N)C(=O)NCc2ccnc(Oc3ccc(F)cc3)c2)c1C. The van der Waals surface area contributed by atoms with Gasteiger partial charge in [0.2, 0.25) is 5.88 Å². The van der Waals surface area contributed by atoms with E-state index in [2.05, 4.69) is 21.8 Å². The number of hydrogen-bond acceptors (Lipinski definition) is 4. The Morgan fingerprint density at radius 2 is 2.00 bits per heavy atom. The third-order valence-corrected chi connectivity index (χ3v) is 5.01. The molecule has 0 aliphatic heterocycles. The van der Waals surface area contributed by atoms with E-state index in [9.17, 15) is 14.4 Å². The highest BCUT2D eigenvalue weighted by Gasteiger charge is 2.13. The minimum Gasteiger partial charge on any atom is -0.439 e. The number of aryl methyl sites for hydroxylation is 1. The van der Waals surface area contributed by atoms with Crippen molar-refractivity contribution in [2.75, 3.05) is 0 Å². The van der Waals surface area contributed by atoms with Crippen LogP contribution in [-0.4, -0.2) is 15.5 Å². The summed E-state index contributed by atoms with van der Waals surface area (Å²) < 4.78 is 20.8. The number of pyridine rings is 1. The Morgan fingerprint density at radius 1 is 1.25 bits per heavy atom. The number of amides is 1. The van der Waals surface area contributed by atoms with Gasteiger partial charge in [0.15, 0.2) is 0 Å². The van der Waals surface area contributed by atoms with Crippen molar-refractivity contribution < 1.29 is 13.9 Å². The number of carbonyl (C=O) groups excluding carboxylic acids is 1. The first-order chi connectivity index (χ1) is 15.4. The number of halogens is 1. The van der Waals surface area contributed by atoms with Crippen LogP contribution in [0.15, 0.2) is 54.2 Å². The molecule has 0 saturated carbocycles. The normalized spacial score (nSPS) is 11.2. The van der Waals surface area contributed by atoms with Crippen LogP contribution in [0.1, 0.15) is 35.9 Å². The molecular weight excluding hydrogens is 407 g/mol. The van der Waals surface area contributed by atoms with Gasteiger partial charge in [-0.1, -0.05) is 6.92 Å². The number of carbonyl (C=O) groups is 1. The van der Waals surface area contributed by atoms with Gasteiger partial charge in [-0.25, -0.2) is 9.37 Å². The lowest BCUT2D eigenvalue weighted by molar-refractivity contribution is -0.117. The van der Waals surface area contributed by atoms with Gasteiger partial charge in [-0.05, 0) is 73.9 Å². The van der Waals surface area contributed by atoms with Gasteiger partial charge in [0.1, 0.15) is 23.2 Å². The topological polar surface area (TPSA) is 79.9 Å². The first kappa shape index (κ1) is 22.8. The average molecular weight is 432 g/mol. The maximum atomic E-state index is 13.0. The van der Waals surface area contributed by atoms with Crippen molar-refractivity contribution in [2.45, 2.75) is 40.3 Å². The first-order valence-electron chi connectivity index (χ1n) is 10.4. The Bertz CT molecular complexity index is 1170. The van der Waals surface area contributed by atoms with E-state index in [-0.39, 0.29) is 17.9 Å². The molecular formula is C25H25FN4O2. The Balaban J connectivity index is 1.68. The minimum absolute atomic E-state index is 0.0404. The van der Waals surface area contributed by atoms with Gasteiger partial charge in [0.05, 0.1) is 0 Å². The number of aromatic nitrogens is 2. The molecule has 2 heterocycles. The predicted molar refractivity (Wildman–Crippen MR) is 120 cm³/mol. The lowest BCUT2D eigenvalue weighted by atomic mass is 10.1. The molecule has 0 fully saturated rings. The molecule has 0 bridgehead atoms. The van der Waals surface area contributed by atoms with Crippen molar-refractivity contribution >= 4 is 12.0 Å². The zero-order valence-corrected chi connectivity index (χ0v) is 18.4. The van der Waals surface area contributed by atoms with Gasteiger partial charge < -0.3 is 14.6 Å². The van der Waals surface area contributed by atoms with Gasteiger partial charge >= 0.3 is 0 Å². The summed E-state index contributed by atoms with van der Waals surface area (Å²) in [6, 6.07) is 13.0. The van der Waals surface area contributed by atoms with Crippen molar-refractivity contribution in [2.24, 2.45) is 0 Å². The molecule has 0 unspecified atom stereocenters. The molecule has 1 amide bonds. The quantitative estimate of drug-likeness (QED) is 0.398. The zero-order valence-electron chi connectivity index (χ0n) is 18.4. The Morgan fingerprint density at radius 3 is 2.69 bits per heavy atom. The summed E-state index contributed by atoms with van der Waals surface area (Å²) in [6.07, 6.45) is 4.19. The van der Waals surface area contributed by atoms with Crippen LogP contribution < -0.4 is 10.1 Å². The molecule has 2 aromatic heterocycles. The summed E-state index contributed by atoms with van der Waals surface area (Å²) >= 11 is 0. The Labute approximate surface area is 187 Å². The largest absolute Gasteiger partial charge is 0.439 e. The fourth-order valence-corrected chi connectivity index (χ4v) is 3.36. The molecule has 164 valence electrons. The van der Waals surface area contributed by atoms with Gasteiger partial charge in [-0.3, -0.25) is 4.79 Å². The van der Waals surface area contributed by atoms with Gasteiger partial charge in [-0.15, -0.1) is 0 Å². The molecule has 0 aliphatic carbocycles. The molecule has 0 radical (unpaired) electrons. The predicted octanol–water partition coefficient (Wildman–Crippen LogP) is 5.06. The third-order valence-electron chi connectivity index (χ3n) is 5.01. The highest BCUT2D eigenvalue weighted by Crippen LogP contribution is 2.21. The second-order valence-corrected chi connectivity index (χ2v) is 7.39. The Hall–Kier alpha value is -3.92. The van der Waals surface area contributed by atoms with Crippen LogP contribution in [0.4, 0.5) is 4.39 Å². The molecule has 1 aromatic carbocycles. The molecule has 6 nitrogen and oxygen atoms in total. The summed E-state index contributed by atoms with van der Waals surface area (Å²) in [5.41, 5.74) is 3.78.